The Labute approximate surface area is 153 Å². The van der Waals surface area contributed by atoms with Crippen molar-refractivity contribution in [3.8, 4) is 17.2 Å². The van der Waals surface area contributed by atoms with Gasteiger partial charge in [0.05, 0.1) is 27.4 Å². The third-order valence-corrected chi connectivity index (χ3v) is 5.31. The normalized spacial score (nSPS) is 12.5. The SMILES string of the molecule is COc1ccc(C(O)CNS(=O)(=O)c2cc(C)ccc2OC)cc1OC. The summed E-state index contributed by atoms with van der Waals surface area (Å²) in [6.45, 7) is 1.59. The molecule has 7 nitrogen and oxygen atoms in total. The van der Waals surface area contributed by atoms with Gasteiger partial charge in [0.2, 0.25) is 10.0 Å². The number of rotatable bonds is 8. The molecule has 0 saturated carbocycles. The third kappa shape index (κ3) is 4.46. The van der Waals surface area contributed by atoms with Crippen molar-refractivity contribution >= 4 is 10.0 Å². The molecule has 0 bridgehead atoms. The summed E-state index contributed by atoms with van der Waals surface area (Å²) in [5.74, 6) is 1.21. The highest BCUT2D eigenvalue weighted by Gasteiger charge is 2.21. The van der Waals surface area contributed by atoms with E-state index in [1.807, 2.05) is 0 Å². The van der Waals surface area contributed by atoms with Crippen molar-refractivity contribution in [3.63, 3.8) is 0 Å². The van der Waals surface area contributed by atoms with Crippen LogP contribution >= 0.6 is 0 Å². The van der Waals surface area contributed by atoms with Crippen molar-refractivity contribution < 1.29 is 27.7 Å². The van der Waals surface area contributed by atoms with Crippen LogP contribution in [-0.2, 0) is 10.0 Å². The first kappa shape index (κ1) is 20.0. The topological polar surface area (TPSA) is 94.1 Å². The number of benzene rings is 2. The predicted octanol–water partition coefficient (Wildman–Crippen LogP) is 2.03. The standard InChI is InChI=1S/C18H23NO6S/c1-12-5-7-16(24-3)18(9-12)26(21,22)19-11-14(20)13-6-8-15(23-2)17(10-13)25-4/h5-10,14,19-20H,11H2,1-4H3. The largest absolute Gasteiger partial charge is 0.495 e. The van der Waals surface area contributed by atoms with E-state index in [1.54, 1.807) is 37.3 Å². The van der Waals surface area contributed by atoms with Crippen LogP contribution in [0.5, 0.6) is 17.2 Å². The molecule has 2 N–H and O–H groups in total. The lowest BCUT2D eigenvalue weighted by Crippen LogP contribution is -2.29. The van der Waals surface area contributed by atoms with Crippen LogP contribution in [0.25, 0.3) is 0 Å². The van der Waals surface area contributed by atoms with E-state index in [9.17, 15) is 13.5 Å². The lowest BCUT2D eigenvalue weighted by atomic mass is 10.1. The van der Waals surface area contributed by atoms with Gasteiger partial charge >= 0.3 is 0 Å². The van der Waals surface area contributed by atoms with E-state index >= 15 is 0 Å². The van der Waals surface area contributed by atoms with Crippen LogP contribution in [0.2, 0.25) is 0 Å². The molecule has 0 amide bonds. The van der Waals surface area contributed by atoms with Gasteiger partial charge in [0, 0.05) is 6.54 Å². The Morgan fingerprint density at radius 1 is 0.962 bits per heavy atom. The molecule has 0 aliphatic heterocycles. The van der Waals surface area contributed by atoms with Gasteiger partial charge in [0.1, 0.15) is 10.6 Å². The highest BCUT2D eigenvalue weighted by atomic mass is 32.2. The molecule has 1 atom stereocenters. The number of hydrogen-bond acceptors (Lipinski definition) is 6. The van der Waals surface area contributed by atoms with E-state index < -0.39 is 16.1 Å². The zero-order chi connectivity index (χ0) is 19.3. The van der Waals surface area contributed by atoms with Gasteiger partial charge in [-0.25, -0.2) is 13.1 Å². The van der Waals surface area contributed by atoms with Crippen LogP contribution in [-0.4, -0.2) is 41.4 Å². The second kappa shape index (κ2) is 8.39. The van der Waals surface area contributed by atoms with E-state index in [-0.39, 0.29) is 17.2 Å². The highest BCUT2D eigenvalue weighted by molar-refractivity contribution is 7.89. The third-order valence-electron chi connectivity index (χ3n) is 3.87. The Balaban J connectivity index is 2.18. The second-order valence-electron chi connectivity index (χ2n) is 5.64. The minimum atomic E-state index is -3.85. The lowest BCUT2D eigenvalue weighted by Gasteiger charge is -2.16. The van der Waals surface area contributed by atoms with E-state index in [0.717, 1.165) is 5.56 Å². The average Bonchev–Trinajstić information content (AvgIpc) is 2.65. The van der Waals surface area contributed by atoms with Crippen LogP contribution in [0.1, 0.15) is 17.2 Å². The fourth-order valence-electron chi connectivity index (χ4n) is 2.44. The minimum absolute atomic E-state index is 0.0273. The minimum Gasteiger partial charge on any atom is -0.495 e. The molecule has 2 aromatic carbocycles. The van der Waals surface area contributed by atoms with E-state index in [0.29, 0.717) is 17.1 Å². The summed E-state index contributed by atoms with van der Waals surface area (Å²) in [4.78, 5) is 0.0273. The van der Waals surface area contributed by atoms with E-state index in [1.165, 1.54) is 27.4 Å². The molecule has 0 aliphatic carbocycles. The van der Waals surface area contributed by atoms with Crippen LogP contribution in [0.3, 0.4) is 0 Å². The Morgan fingerprint density at radius 3 is 2.19 bits per heavy atom. The van der Waals surface area contributed by atoms with Crippen molar-refractivity contribution in [2.24, 2.45) is 0 Å². The number of aliphatic hydroxyl groups is 1. The first-order valence-corrected chi connectivity index (χ1v) is 9.35. The maximum atomic E-state index is 12.6. The Bertz CT molecular complexity index is 866. The number of hydrogen-bond donors (Lipinski definition) is 2. The number of methoxy groups -OCH3 is 3. The lowest BCUT2D eigenvalue weighted by molar-refractivity contribution is 0.181. The first-order chi connectivity index (χ1) is 12.3. The molecule has 26 heavy (non-hydrogen) atoms. The van der Waals surface area contributed by atoms with E-state index in [2.05, 4.69) is 4.72 Å². The monoisotopic (exact) mass is 381 g/mol. The van der Waals surface area contributed by atoms with Crippen molar-refractivity contribution in [3.05, 3.63) is 47.5 Å². The number of nitrogens with one attached hydrogen (secondary N) is 1. The fraction of sp³-hybridized carbons (Fsp3) is 0.333. The van der Waals surface area contributed by atoms with Gasteiger partial charge in [-0.1, -0.05) is 12.1 Å². The summed E-state index contributed by atoms with van der Waals surface area (Å²) >= 11 is 0. The molecular formula is C18H23NO6S. The van der Waals surface area contributed by atoms with Crippen molar-refractivity contribution in [2.75, 3.05) is 27.9 Å². The van der Waals surface area contributed by atoms with Gasteiger partial charge in [0.15, 0.2) is 11.5 Å². The van der Waals surface area contributed by atoms with Crippen LogP contribution in [0, 0.1) is 6.92 Å². The molecule has 0 radical (unpaired) electrons. The zero-order valence-electron chi connectivity index (χ0n) is 15.1. The van der Waals surface area contributed by atoms with Crippen LogP contribution < -0.4 is 18.9 Å². The van der Waals surface area contributed by atoms with Crippen molar-refractivity contribution in [1.82, 2.24) is 4.72 Å². The summed E-state index contributed by atoms with van der Waals surface area (Å²) in [6.07, 6.45) is -1.06. The molecule has 142 valence electrons. The van der Waals surface area contributed by atoms with Crippen LogP contribution in [0.15, 0.2) is 41.3 Å². The van der Waals surface area contributed by atoms with Gasteiger partial charge in [-0.3, -0.25) is 0 Å². The molecule has 2 aromatic rings. The smallest absolute Gasteiger partial charge is 0.244 e. The van der Waals surface area contributed by atoms with Crippen molar-refractivity contribution in [1.29, 1.82) is 0 Å². The first-order valence-electron chi connectivity index (χ1n) is 7.86. The maximum Gasteiger partial charge on any atom is 0.244 e. The summed E-state index contributed by atoms with van der Waals surface area (Å²) in [6, 6.07) is 9.77. The van der Waals surface area contributed by atoms with Gasteiger partial charge in [-0.15, -0.1) is 0 Å². The Hall–Kier alpha value is -2.29. The predicted molar refractivity (Wildman–Crippen MR) is 97.4 cm³/mol. The molecule has 1 unspecified atom stereocenters. The second-order valence-corrected chi connectivity index (χ2v) is 7.37. The molecule has 0 spiro atoms. The molecule has 0 aromatic heterocycles. The molecule has 2 rings (SSSR count). The summed E-state index contributed by atoms with van der Waals surface area (Å²) in [5, 5.41) is 10.3. The number of aryl methyl sites for hydroxylation is 1. The van der Waals surface area contributed by atoms with Gasteiger partial charge in [-0.2, -0.15) is 0 Å². The molecule has 8 heteroatoms. The molecular weight excluding hydrogens is 358 g/mol. The number of sulfonamides is 1. The number of aliphatic hydroxyl groups excluding tert-OH is 1. The summed E-state index contributed by atoms with van der Waals surface area (Å²) in [7, 11) is 0.555. The van der Waals surface area contributed by atoms with Crippen LogP contribution in [0.4, 0.5) is 0 Å². The van der Waals surface area contributed by atoms with Gasteiger partial charge < -0.3 is 19.3 Å². The quantitative estimate of drug-likeness (QED) is 0.727. The summed E-state index contributed by atoms with van der Waals surface area (Å²) < 4.78 is 43.0. The van der Waals surface area contributed by atoms with Gasteiger partial charge in [0.25, 0.3) is 0 Å². The maximum absolute atomic E-state index is 12.6. The Kier molecular flexibility index (Phi) is 6.47. The fourth-order valence-corrected chi connectivity index (χ4v) is 3.73. The molecule has 0 fully saturated rings. The van der Waals surface area contributed by atoms with Crippen molar-refractivity contribution in [2.45, 2.75) is 17.9 Å². The highest BCUT2D eigenvalue weighted by Crippen LogP contribution is 2.30. The summed E-state index contributed by atoms with van der Waals surface area (Å²) in [5.41, 5.74) is 1.29. The number of ether oxygens (including phenoxy) is 3. The average molecular weight is 381 g/mol. The zero-order valence-corrected chi connectivity index (χ0v) is 16.0. The van der Waals surface area contributed by atoms with E-state index in [4.69, 9.17) is 14.2 Å². The molecule has 0 heterocycles. The molecule has 0 saturated heterocycles. The Morgan fingerprint density at radius 2 is 1.58 bits per heavy atom. The van der Waals surface area contributed by atoms with Gasteiger partial charge in [-0.05, 0) is 42.3 Å². The molecule has 0 aliphatic rings.